The molecule has 1 aliphatic heterocycles. The lowest BCUT2D eigenvalue weighted by Gasteiger charge is -2.13. The molecule has 0 saturated carbocycles. The minimum atomic E-state index is -0.997. The van der Waals surface area contributed by atoms with E-state index in [-0.39, 0.29) is 11.1 Å². The number of carbonyl (C=O) groups excluding carboxylic acids is 4. The summed E-state index contributed by atoms with van der Waals surface area (Å²) in [6.45, 7) is 2.29. The molecule has 1 aliphatic rings. The molecule has 10 nitrogen and oxygen atoms in total. The van der Waals surface area contributed by atoms with Crippen LogP contribution < -0.4 is 5.32 Å². The summed E-state index contributed by atoms with van der Waals surface area (Å²) in [6, 6.07) is 9.13. The third-order valence-electron chi connectivity index (χ3n) is 4.49. The maximum atomic E-state index is 12.4. The van der Waals surface area contributed by atoms with Gasteiger partial charge in [0.05, 0.1) is 10.5 Å². The molecule has 0 radical (unpaired) electrons. The van der Waals surface area contributed by atoms with Gasteiger partial charge in [-0.25, -0.2) is 0 Å². The number of anilines is 1. The average Bonchev–Trinajstić information content (AvgIpc) is 2.94. The third-order valence-corrected chi connectivity index (χ3v) is 4.49. The number of rotatable bonds is 6. The van der Waals surface area contributed by atoms with Crippen LogP contribution in [-0.4, -0.2) is 46.7 Å². The normalized spacial score (nSPS) is 12.5. The van der Waals surface area contributed by atoms with Crippen molar-refractivity contribution in [3.63, 3.8) is 0 Å². The number of nitro benzene ring substituents is 1. The van der Waals surface area contributed by atoms with Crippen LogP contribution in [0.15, 0.2) is 36.4 Å². The van der Waals surface area contributed by atoms with Gasteiger partial charge in [0.15, 0.2) is 6.61 Å². The molecule has 0 saturated heterocycles. The van der Waals surface area contributed by atoms with Gasteiger partial charge in [0, 0.05) is 11.8 Å². The van der Waals surface area contributed by atoms with E-state index in [1.807, 2.05) is 26.0 Å². The van der Waals surface area contributed by atoms with Crippen molar-refractivity contribution in [1.29, 1.82) is 0 Å². The molecule has 1 heterocycles. The van der Waals surface area contributed by atoms with E-state index in [1.54, 1.807) is 6.07 Å². The predicted molar refractivity (Wildman–Crippen MR) is 104 cm³/mol. The summed E-state index contributed by atoms with van der Waals surface area (Å²) in [5.74, 6) is -3.38. The van der Waals surface area contributed by atoms with Crippen LogP contribution in [0.2, 0.25) is 0 Å². The minimum absolute atomic E-state index is 0.158. The van der Waals surface area contributed by atoms with E-state index in [1.165, 1.54) is 12.1 Å². The molecular weight excluding hydrogens is 394 g/mol. The van der Waals surface area contributed by atoms with Gasteiger partial charge in [0.2, 0.25) is 0 Å². The molecule has 0 atom stereocenters. The first-order valence-electron chi connectivity index (χ1n) is 8.85. The SMILES string of the molecule is Cc1ccc(C)c(NC(=O)COC(=O)CN2C(=O)c3cccc([N+](=O)[O-])c3C2=O)c1. The number of ether oxygens (including phenoxy) is 1. The van der Waals surface area contributed by atoms with Crippen LogP contribution in [-0.2, 0) is 14.3 Å². The fraction of sp³-hybridized carbons (Fsp3) is 0.200. The number of amides is 3. The van der Waals surface area contributed by atoms with Gasteiger partial charge in [-0.2, -0.15) is 0 Å². The van der Waals surface area contributed by atoms with Gasteiger partial charge in [-0.3, -0.25) is 34.2 Å². The van der Waals surface area contributed by atoms with Gasteiger partial charge in [0.25, 0.3) is 23.4 Å². The number of benzene rings is 2. The Balaban J connectivity index is 1.61. The molecule has 0 aromatic heterocycles. The van der Waals surface area contributed by atoms with E-state index < -0.39 is 47.5 Å². The van der Waals surface area contributed by atoms with Crippen LogP contribution in [0, 0.1) is 24.0 Å². The zero-order chi connectivity index (χ0) is 22.0. The zero-order valence-electron chi connectivity index (χ0n) is 16.1. The van der Waals surface area contributed by atoms with Gasteiger partial charge >= 0.3 is 5.97 Å². The van der Waals surface area contributed by atoms with Crippen molar-refractivity contribution in [2.45, 2.75) is 13.8 Å². The number of nitro groups is 1. The summed E-state index contributed by atoms with van der Waals surface area (Å²) in [5, 5.41) is 13.7. The lowest BCUT2D eigenvalue weighted by atomic mass is 10.1. The summed E-state index contributed by atoms with van der Waals surface area (Å²) < 4.78 is 4.85. The smallest absolute Gasteiger partial charge is 0.326 e. The number of carbonyl (C=O) groups is 4. The summed E-state index contributed by atoms with van der Waals surface area (Å²) in [7, 11) is 0. The fourth-order valence-corrected chi connectivity index (χ4v) is 2.99. The number of esters is 1. The number of hydrogen-bond acceptors (Lipinski definition) is 7. The molecule has 3 rings (SSSR count). The molecule has 30 heavy (non-hydrogen) atoms. The molecule has 3 amide bonds. The Labute approximate surface area is 170 Å². The summed E-state index contributed by atoms with van der Waals surface area (Å²) in [4.78, 5) is 59.8. The Morgan fingerprint density at radius 1 is 1.13 bits per heavy atom. The highest BCUT2D eigenvalue weighted by Crippen LogP contribution is 2.30. The Bertz CT molecular complexity index is 1090. The summed E-state index contributed by atoms with van der Waals surface area (Å²) in [6.07, 6.45) is 0. The van der Waals surface area contributed by atoms with Gasteiger partial charge < -0.3 is 10.1 Å². The second-order valence-corrected chi connectivity index (χ2v) is 6.68. The molecule has 2 aromatic carbocycles. The first-order chi connectivity index (χ1) is 14.2. The number of fused-ring (bicyclic) bond motifs is 1. The summed E-state index contributed by atoms with van der Waals surface area (Å²) in [5.41, 5.74) is 1.29. The first-order valence-corrected chi connectivity index (χ1v) is 8.85. The lowest BCUT2D eigenvalue weighted by molar-refractivity contribution is -0.385. The third kappa shape index (κ3) is 4.02. The van der Waals surface area contributed by atoms with Crippen molar-refractivity contribution >= 4 is 35.1 Å². The van der Waals surface area contributed by atoms with Crippen LogP contribution in [0.1, 0.15) is 31.8 Å². The molecular formula is C20H17N3O7. The maximum Gasteiger partial charge on any atom is 0.326 e. The fourth-order valence-electron chi connectivity index (χ4n) is 2.99. The maximum absolute atomic E-state index is 12.4. The molecule has 0 spiro atoms. The number of nitrogens with one attached hydrogen (secondary N) is 1. The van der Waals surface area contributed by atoms with Gasteiger partial charge in [0.1, 0.15) is 12.1 Å². The topological polar surface area (TPSA) is 136 Å². The largest absolute Gasteiger partial charge is 0.454 e. The van der Waals surface area contributed by atoms with Crippen molar-refractivity contribution in [1.82, 2.24) is 4.90 Å². The van der Waals surface area contributed by atoms with Crippen LogP contribution in [0.3, 0.4) is 0 Å². The van der Waals surface area contributed by atoms with Crippen molar-refractivity contribution in [2.24, 2.45) is 0 Å². The van der Waals surface area contributed by atoms with Crippen LogP contribution in [0.25, 0.3) is 0 Å². The van der Waals surface area contributed by atoms with Crippen molar-refractivity contribution in [3.05, 3.63) is 68.8 Å². The number of aryl methyl sites for hydroxylation is 2. The quantitative estimate of drug-likeness (QED) is 0.332. The molecule has 154 valence electrons. The van der Waals surface area contributed by atoms with E-state index in [9.17, 15) is 29.3 Å². The molecule has 2 aromatic rings. The Hall–Kier alpha value is -4.08. The second-order valence-electron chi connectivity index (χ2n) is 6.68. The Kier molecular flexibility index (Phi) is 5.58. The number of nitrogens with zero attached hydrogens (tertiary/aromatic N) is 2. The second kappa shape index (κ2) is 8.11. The Morgan fingerprint density at radius 2 is 1.87 bits per heavy atom. The average molecular weight is 411 g/mol. The number of hydrogen-bond donors (Lipinski definition) is 1. The van der Waals surface area contributed by atoms with Crippen molar-refractivity contribution in [3.8, 4) is 0 Å². The molecule has 10 heteroatoms. The van der Waals surface area contributed by atoms with Crippen LogP contribution in [0.4, 0.5) is 11.4 Å². The van der Waals surface area contributed by atoms with Gasteiger partial charge in [-0.05, 0) is 37.1 Å². The monoisotopic (exact) mass is 411 g/mol. The predicted octanol–water partition coefficient (Wildman–Crippen LogP) is 1.99. The molecule has 0 bridgehead atoms. The van der Waals surface area contributed by atoms with Crippen molar-refractivity contribution < 1.29 is 28.8 Å². The highest BCUT2D eigenvalue weighted by Gasteiger charge is 2.41. The summed E-state index contributed by atoms with van der Waals surface area (Å²) >= 11 is 0. The molecule has 0 fully saturated rings. The standard InChI is InChI=1S/C20H17N3O7/c1-11-6-7-12(2)14(8-11)21-16(24)10-30-17(25)9-22-19(26)13-4-3-5-15(23(28)29)18(13)20(22)27/h3-8H,9-10H2,1-2H3,(H,21,24). The lowest BCUT2D eigenvalue weighted by Crippen LogP contribution is -2.36. The van der Waals surface area contributed by atoms with E-state index in [4.69, 9.17) is 4.74 Å². The van der Waals surface area contributed by atoms with Crippen LogP contribution >= 0.6 is 0 Å². The van der Waals surface area contributed by atoms with Crippen LogP contribution in [0.5, 0.6) is 0 Å². The number of imide groups is 1. The molecule has 1 N–H and O–H groups in total. The Morgan fingerprint density at radius 3 is 2.57 bits per heavy atom. The van der Waals surface area contributed by atoms with E-state index in [2.05, 4.69) is 5.32 Å². The van der Waals surface area contributed by atoms with E-state index in [0.29, 0.717) is 10.6 Å². The van der Waals surface area contributed by atoms with E-state index in [0.717, 1.165) is 17.2 Å². The highest BCUT2D eigenvalue weighted by molar-refractivity contribution is 6.24. The first kappa shape index (κ1) is 20.6. The molecule has 0 unspecified atom stereocenters. The van der Waals surface area contributed by atoms with Crippen molar-refractivity contribution in [2.75, 3.05) is 18.5 Å². The zero-order valence-corrected chi connectivity index (χ0v) is 16.1. The van der Waals surface area contributed by atoms with Gasteiger partial charge in [-0.1, -0.05) is 18.2 Å². The van der Waals surface area contributed by atoms with E-state index >= 15 is 0 Å². The minimum Gasteiger partial charge on any atom is -0.454 e. The van der Waals surface area contributed by atoms with Gasteiger partial charge in [-0.15, -0.1) is 0 Å². The molecule has 0 aliphatic carbocycles. The highest BCUT2D eigenvalue weighted by atomic mass is 16.6.